The predicted molar refractivity (Wildman–Crippen MR) is 107 cm³/mol. The highest BCUT2D eigenvalue weighted by atomic mass is 35.6. The fourth-order valence-electron chi connectivity index (χ4n) is 2.65. The second-order valence-electron chi connectivity index (χ2n) is 6.46. The fraction of sp³-hybridized carbons (Fsp3) is 0.706. The Labute approximate surface area is 198 Å². The summed E-state index contributed by atoms with van der Waals surface area (Å²) in [4.78, 5) is 58.4. The summed E-state index contributed by atoms with van der Waals surface area (Å²) in [7, 11) is 0. The Bertz CT molecular complexity index is 727. The maximum Gasteiger partial charge on any atom is 0.407 e. The van der Waals surface area contributed by atoms with Crippen molar-refractivity contribution in [1.29, 1.82) is 0 Å². The van der Waals surface area contributed by atoms with Crippen LogP contribution in [0.4, 0.5) is 4.79 Å². The lowest BCUT2D eigenvalue weighted by atomic mass is 9.96. The largest absolute Gasteiger partial charge is 0.463 e. The maximum atomic E-state index is 12.2. The van der Waals surface area contributed by atoms with Crippen LogP contribution in [0.25, 0.3) is 0 Å². The van der Waals surface area contributed by atoms with Crippen molar-refractivity contribution in [3.05, 3.63) is 0 Å². The van der Waals surface area contributed by atoms with Crippen molar-refractivity contribution in [3.8, 4) is 0 Å². The van der Waals surface area contributed by atoms with Gasteiger partial charge in [0.1, 0.15) is 25.4 Å². The Morgan fingerprint density at radius 1 is 0.812 bits per heavy atom. The normalized spacial score (nSPS) is 25.2. The van der Waals surface area contributed by atoms with Crippen LogP contribution >= 0.6 is 34.8 Å². The van der Waals surface area contributed by atoms with Gasteiger partial charge < -0.3 is 33.7 Å². The molecular weight excluding hydrogens is 501 g/mol. The molecule has 0 spiro atoms. The van der Waals surface area contributed by atoms with Crippen molar-refractivity contribution in [2.45, 2.75) is 62.1 Å². The summed E-state index contributed by atoms with van der Waals surface area (Å²) >= 11 is 16.6. The molecule has 5 atom stereocenters. The van der Waals surface area contributed by atoms with Crippen LogP contribution in [0.5, 0.6) is 0 Å². The van der Waals surface area contributed by atoms with Crippen LogP contribution < -0.4 is 5.32 Å². The maximum absolute atomic E-state index is 12.2. The van der Waals surface area contributed by atoms with E-state index in [0.717, 1.165) is 27.7 Å². The molecule has 15 heteroatoms. The van der Waals surface area contributed by atoms with Crippen LogP contribution in [0.3, 0.4) is 0 Å². The number of hydrogen-bond acceptors (Lipinski definition) is 11. The summed E-state index contributed by atoms with van der Waals surface area (Å²) in [6.07, 6.45) is -6.77. The molecule has 32 heavy (non-hydrogen) atoms. The average Bonchev–Trinajstić information content (AvgIpc) is 2.61. The van der Waals surface area contributed by atoms with E-state index >= 15 is 0 Å². The number of alkyl halides is 3. The third-order valence-corrected chi connectivity index (χ3v) is 3.96. The van der Waals surface area contributed by atoms with Crippen LogP contribution in [0.2, 0.25) is 0 Å². The van der Waals surface area contributed by atoms with Gasteiger partial charge in [0, 0.05) is 27.7 Å². The highest BCUT2D eigenvalue weighted by molar-refractivity contribution is 6.67. The highest BCUT2D eigenvalue weighted by Crippen LogP contribution is 2.29. The van der Waals surface area contributed by atoms with Crippen molar-refractivity contribution < 1.29 is 52.4 Å². The molecule has 0 saturated carbocycles. The molecule has 1 saturated heterocycles. The van der Waals surface area contributed by atoms with Crippen LogP contribution in [0, 0.1) is 0 Å². The Morgan fingerprint density at radius 3 is 1.81 bits per heavy atom. The van der Waals surface area contributed by atoms with Gasteiger partial charge in [0.25, 0.3) is 0 Å². The van der Waals surface area contributed by atoms with E-state index in [9.17, 15) is 24.0 Å². The lowest BCUT2D eigenvalue weighted by molar-refractivity contribution is -0.270. The van der Waals surface area contributed by atoms with E-state index in [2.05, 4.69) is 5.32 Å². The fourth-order valence-corrected chi connectivity index (χ4v) is 2.81. The highest BCUT2D eigenvalue weighted by Gasteiger charge is 2.52. The number of amides is 1. The van der Waals surface area contributed by atoms with E-state index in [1.165, 1.54) is 0 Å². The van der Waals surface area contributed by atoms with E-state index in [0.29, 0.717) is 0 Å². The topological polar surface area (TPSA) is 153 Å². The number of ether oxygens (including phenoxy) is 6. The molecule has 0 aromatic heterocycles. The van der Waals surface area contributed by atoms with Crippen LogP contribution in [-0.2, 0) is 47.6 Å². The van der Waals surface area contributed by atoms with E-state index in [1.807, 2.05) is 0 Å². The second-order valence-corrected chi connectivity index (χ2v) is 8.98. The molecule has 0 aromatic rings. The van der Waals surface area contributed by atoms with Gasteiger partial charge in [-0.1, -0.05) is 34.8 Å². The van der Waals surface area contributed by atoms with E-state index in [1.54, 1.807) is 0 Å². The minimum atomic E-state index is -1.92. The average molecular weight is 523 g/mol. The van der Waals surface area contributed by atoms with Gasteiger partial charge in [-0.05, 0) is 0 Å². The monoisotopic (exact) mass is 521 g/mol. The Kier molecular flexibility index (Phi) is 10.8. The van der Waals surface area contributed by atoms with E-state index in [-0.39, 0.29) is 0 Å². The zero-order valence-electron chi connectivity index (χ0n) is 17.4. The van der Waals surface area contributed by atoms with Gasteiger partial charge in [0.05, 0.1) is 0 Å². The number of rotatable bonds is 7. The number of esters is 4. The first kappa shape index (κ1) is 28.0. The van der Waals surface area contributed by atoms with E-state index in [4.69, 9.17) is 63.2 Å². The molecule has 0 radical (unpaired) electrons. The summed E-state index contributed by atoms with van der Waals surface area (Å²) in [5.74, 6) is -3.13. The number of hydrogen-bond donors (Lipinski definition) is 1. The van der Waals surface area contributed by atoms with Crippen LogP contribution in [0.1, 0.15) is 27.7 Å². The minimum Gasteiger partial charge on any atom is -0.463 e. The SMILES string of the molecule is CC(=O)OCC1OC(OC(C)=O)[C@H](NC(=O)OCC(Cl)(Cl)Cl)[C@@H](OC(C)=O)[C@H]1OC(C)=O. The summed E-state index contributed by atoms with van der Waals surface area (Å²) in [5, 5.41) is 2.28. The third-order valence-electron chi connectivity index (χ3n) is 3.63. The number of carbonyl (C=O) groups is 5. The minimum absolute atomic E-state index is 0.451. The van der Waals surface area contributed by atoms with Crippen molar-refractivity contribution in [2.24, 2.45) is 0 Å². The first-order chi connectivity index (χ1) is 14.7. The molecule has 0 bridgehead atoms. The smallest absolute Gasteiger partial charge is 0.407 e. The Morgan fingerprint density at radius 2 is 1.34 bits per heavy atom. The van der Waals surface area contributed by atoms with Gasteiger partial charge in [0.2, 0.25) is 10.1 Å². The summed E-state index contributed by atoms with van der Waals surface area (Å²) in [5.41, 5.74) is 0. The zero-order chi connectivity index (χ0) is 24.6. The Hall–Kier alpha value is -2.02. The molecule has 2 unspecified atom stereocenters. The molecular formula is C17H22Cl3NO11. The summed E-state index contributed by atoms with van der Waals surface area (Å²) < 4.78 is 28.9. The van der Waals surface area contributed by atoms with Gasteiger partial charge in [-0.2, -0.15) is 0 Å². The molecule has 1 aliphatic heterocycles. The van der Waals surface area contributed by atoms with Crippen molar-refractivity contribution in [1.82, 2.24) is 5.32 Å². The summed E-state index contributed by atoms with van der Waals surface area (Å²) in [6.45, 7) is 3.22. The molecule has 0 aliphatic carbocycles. The summed E-state index contributed by atoms with van der Waals surface area (Å²) in [6, 6.07) is -1.43. The van der Waals surface area contributed by atoms with Crippen molar-refractivity contribution >= 4 is 64.8 Å². The lowest BCUT2D eigenvalue weighted by Crippen LogP contribution is -2.67. The van der Waals surface area contributed by atoms with Gasteiger partial charge in [-0.25, -0.2) is 4.79 Å². The molecule has 1 fully saturated rings. The number of nitrogens with one attached hydrogen (secondary N) is 1. The molecule has 1 heterocycles. The van der Waals surface area contributed by atoms with Gasteiger partial charge in [0.15, 0.2) is 12.2 Å². The predicted octanol–water partition coefficient (Wildman–Crippen LogP) is 1.17. The van der Waals surface area contributed by atoms with Crippen molar-refractivity contribution in [2.75, 3.05) is 13.2 Å². The first-order valence-corrected chi connectivity index (χ1v) is 10.1. The number of carbonyl (C=O) groups excluding carboxylic acids is 5. The van der Waals surface area contributed by atoms with Crippen LogP contribution in [-0.4, -0.2) is 77.6 Å². The Balaban J connectivity index is 3.28. The molecule has 1 aliphatic rings. The molecule has 1 amide bonds. The third kappa shape index (κ3) is 10.1. The van der Waals surface area contributed by atoms with E-state index < -0.39 is 77.6 Å². The zero-order valence-corrected chi connectivity index (χ0v) is 19.7. The second kappa shape index (κ2) is 12.3. The lowest BCUT2D eigenvalue weighted by Gasteiger charge is -2.44. The molecule has 0 aromatic carbocycles. The molecule has 1 rings (SSSR count). The van der Waals surface area contributed by atoms with Crippen LogP contribution in [0.15, 0.2) is 0 Å². The molecule has 12 nitrogen and oxygen atoms in total. The van der Waals surface area contributed by atoms with Gasteiger partial charge >= 0.3 is 30.0 Å². The number of alkyl carbamates (subject to hydrolysis) is 1. The quantitative estimate of drug-likeness (QED) is 0.291. The molecule has 1 N–H and O–H groups in total. The van der Waals surface area contributed by atoms with Gasteiger partial charge in [-0.3, -0.25) is 19.2 Å². The first-order valence-electron chi connectivity index (χ1n) is 9.00. The standard InChI is InChI=1S/C17H22Cl3NO11/c1-7(22)27-5-11-13(29-8(2)23)14(30-9(3)24)12(15(32-11)31-10(4)25)21-16(26)28-6-17(18,19)20/h11-15H,5-6H2,1-4H3,(H,21,26)/t11?,12-,13+,14-,15?/m1/s1. The number of halogens is 3. The van der Waals surface area contributed by atoms with Crippen molar-refractivity contribution in [3.63, 3.8) is 0 Å². The molecule has 182 valence electrons. The van der Waals surface area contributed by atoms with Gasteiger partial charge in [-0.15, -0.1) is 0 Å².